The highest BCUT2D eigenvalue weighted by Crippen LogP contribution is 2.24. The molecule has 0 unspecified atom stereocenters. The number of amides is 1. The van der Waals surface area contributed by atoms with Gasteiger partial charge < -0.3 is 10.1 Å². The maximum atomic E-state index is 11.9. The average molecular weight is 298 g/mol. The zero-order chi connectivity index (χ0) is 15.1. The molecule has 0 aliphatic carbocycles. The fraction of sp³-hybridized carbons (Fsp3) is 0.333. The minimum atomic E-state index is -0.680. The molecule has 0 spiro atoms. The van der Waals surface area contributed by atoms with Crippen LogP contribution in [0.2, 0.25) is 0 Å². The van der Waals surface area contributed by atoms with Crippen LogP contribution in [-0.2, 0) is 9.53 Å². The van der Waals surface area contributed by atoms with E-state index < -0.39 is 16.8 Å². The van der Waals surface area contributed by atoms with Gasteiger partial charge in [0.05, 0.1) is 11.5 Å². The van der Waals surface area contributed by atoms with E-state index in [0.29, 0.717) is 0 Å². The normalized spacial score (nSPS) is 9.90. The predicted octanol–water partition coefficient (Wildman–Crippen LogP) is 1.61. The van der Waals surface area contributed by atoms with Gasteiger partial charge in [-0.3, -0.25) is 19.7 Å². The number of carbonyl (C=O) groups is 2. The Morgan fingerprint density at radius 1 is 1.45 bits per heavy atom. The first-order valence-corrected chi connectivity index (χ1v) is 6.98. The molecule has 1 amide bonds. The number of esters is 1. The van der Waals surface area contributed by atoms with Crippen LogP contribution >= 0.6 is 11.8 Å². The van der Waals surface area contributed by atoms with E-state index in [0.717, 1.165) is 4.90 Å². The molecule has 0 bridgehead atoms. The summed E-state index contributed by atoms with van der Waals surface area (Å²) >= 11 is 1.36. The van der Waals surface area contributed by atoms with Gasteiger partial charge in [-0.1, -0.05) is 0 Å². The second kappa shape index (κ2) is 7.49. The summed E-state index contributed by atoms with van der Waals surface area (Å²) in [6, 6.07) is 4.25. The number of rotatable bonds is 6. The van der Waals surface area contributed by atoms with Crippen LogP contribution in [0.5, 0.6) is 0 Å². The lowest BCUT2D eigenvalue weighted by Crippen LogP contribution is -2.31. The van der Waals surface area contributed by atoms with Gasteiger partial charge in [0.25, 0.3) is 11.6 Å². The van der Waals surface area contributed by atoms with Crippen LogP contribution in [0.15, 0.2) is 23.1 Å². The molecule has 0 aromatic heterocycles. The molecule has 0 saturated carbocycles. The predicted molar refractivity (Wildman–Crippen MR) is 73.8 cm³/mol. The monoisotopic (exact) mass is 298 g/mol. The summed E-state index contributed by atoms with van der Waals surface area (Å²) in [5.74, 6) is -1.27. The number of carbonyl (C=O) groups excluding carboxylic acids is 2. The van der Waals surface area contributed by atoms with Crippen LogP contribution in [0.1, 0.15) is 17.3 Å². The van der Waals surface area contributed by atoms with Crippen molar-refractivity contribution in [3.63, 3.8) is 0 Å². The van der Waals surface area contributed by atoms with Crippen molar-refractivity contribution in [2.24, 2.45) is 0 Å². The minimum Gasteiger partial charge on any atom is -0.465 e. The van der Waals surface area contributed by atoms with Gasteiger partial charge in [0.1, 0.15) is 12.1 Å². The molecule has 1 aromatic carbocycles. The van der Waals surface area contributed by atoms with E-state index in [1.807, 2.05) is 0 Å². The van der Waals surface area contributed by atoms with E-state index >= 15 is 0 Å². The van der Waals surface area contributed by atoms with Crippen molar-refractivity contribution in [2.75, 3.05) is 19.4 Å². The van der Waals surface area contributed by atoms with Gasteiger partial charge in [-0.05, 0) is 25.3 Å². The van der Waals surface area contributed by atoms with Gasteiger partial charge in [-0.25, -0.2) is 0 Å². The summed E-state index contributed by atoms with van der Waals surface area (Å²) in [6.07, 6.45) is 1.79. The molecular formula is C12H14N2O5S. The Kier molecular flexibility index (Phi) is 5.98. The topological polar surface area (TPSA) is 98.5 Å². The van der Waals surface area contributed by atoms with Crippen molar-refractivity contribution in [1.82, 2.24) is 5.32 Å². The van der Waals surface area contributed by atoms with Crippen molar-refractivity contribution in [3.8, 4) is 0 Å². The molecule has 8 heteroatoms. The van der Waals surface area contributed by atoms with Crippen molar-refractivity contribution < 1.29 is 19.2 Å². The molecule has 1 N–H and O–H groups in total. The Bertz CT molecular complexity index is 533. The largest absolute Gasteiger partial charge is 0.465 e. The smallest absolute Gasteiger partial charge is 0.325 e. The van der Waals surface area contributed by atoms with Gasteiger partial charge >= 0.3 is 5.97 Å². The molecule has 108 valence electrons. The lowest BCUT2D eigenvalue weighted by atomic mass is 10.1. The Hall–Kier alpha value is -2.09. The lowest BCUT2D eigenvalue weighted by molar-refractivity contribution is -0.385. The molecule has 0 saturated heterocycles. The lowest BCUT2D eigenvalue weighted by Gasteiger charge is -2.06. The van der Waals surface area contributed by atoms with E-state index in [-0.39, 0.29) is 24.4 Å². The van der Waals surface area contributed by atoms with Crippen LogP contribution in [0.4, 0.5) is 5.69 Å². The maximum Gasteiger partial charge on any atom is 0.325 e. The van der Waals surface area contributed by atoms with Crippen LogP contribution in [0, 0.1) is 10.1 Å². The quantitative estimate of drug-likeness (QED) is 0.371. The highest BCUT2D eigenvalue weighted by atomic mass is 32.2. The first kappa shape index (κ1) is 16.0. The summed E-state index contributed by atoms with van der Waals surface area (Å²) in [5, 5.41) is 13.2. The first-order valence-electron chi connectivity index (χ1n) is 5.75. The number of thioether (sulfide) groups is 1. The Labute approximate surface area is 119 Å². The molecule has 7 nitrogen and oxygen atoms in total. The zero-order valence-corrected chi connectivity index (χ0v) is 11.9. The van der Waals surface area contributed by atoms with Crippen molar-refractivity contribution in [3.05, 3.63) is 33.9 Å². The van der Waals surface area contributed by atoms with Gasteiger partial charge in [0.15, 0.2) is 0 Å². The molecule has 0 atom stereocenters. The zero-order valence-electron chi connectivity index (χ0n) is 11.0. The summed E-state index contributed by atoms with van der Waals surface area (Å²) < 4.78 is 4.66. The average Bonchev–Trinajstić information content (AvgIpc) is 2.44. The SMILES string of the molecule is CCOC(=O)CNC(=O)c1cc(SC)ccc1[N+](=O)[O-]. The maximum absolute atomic E-state index is 11.9. The number of hydrogen-bond donors (Lipinski definition) is 1. The van der Waals surface area contributed by atoms with Crippen LogP contribution < -0.4 is 5.32 Å². The molecule has 1 rings (SSSR count). The highest BCUT2D eigenvalue weighted by molar-refractivity contribution is 7.98. The van der Waals surface area contributed by atoms with E-state index in [9.17, 15) is 19.7 Å². The molecule has 0 radical (unpaired) electrons. The summed E-state index contributed by atoms with van der Waals surface area (Å²) in [4.78, 5) is 34.0. The van der Waals surface area contributed by atoms with Crippen molar-refractivity contribution in [2.45, 2.75) is 11.8 Å². The van der Waals surface area contributed by atoms with E-state index in [2.05, 4.69) is 10.1 Å². The Morgan fingerprint density at radius 3 is 2.70 bits per heavy atom. The molecule has 0 aliphatic rings. The summed E-state index contributed by atoms with van der Waals surface area (Å²) in [6.45, 7) is 1.52. The first-order chi connectivity index (χ1) is 9.49. The number of nitro groups is 1. The second-order valence-electron chi connectivity index (χ2n) is 3.63. The third-order valence-electron chi connectivity index (χ3n) is 2.34. The number of nitrogens with one attached hydrogen (secondary N) is 1. The third-order valence-corrected chi connectivity index (χ3v) is 3.07. The van der Waals surface area contributed by atoms with Crippen LogP contribution in [0.3, 0.4) is 0 Å². The summed E-state index contributed by atoms with van der Waals surface area (Å²) in [5.41, 5.74) is -0.379. The Balaban J connectivity index is 2.90. The van der Waals surface area contributed by atoms with Crippen LogP contribution in [0.25, 0.3) is 0 Å². The van der Waals surface area contributed by atoms with E-state index in [4.69, 9.17) is 0 Å². The third kappa shape index (κ3) is 4.23. The number of nitro benzene ring substituents is 1. The number of ether oxygens (including phenoxy) is 1. The van der Waals surface area contributed by atoms with Crippen LogP contribution in [-0.4, -0.2) is 36.2 Å². The molecule has 20 heavy (non-hydrogen) atoms. The fourth-order valence-corrected chi connectivity index (χ4v) is 1.88. The Morgan fingerprint density at radius 2 is 2.15 bits per heavy atom. The molecule has 0 fully saturated rings. The van der Waals surface area contributed by atoms with E-state index in [1.54, 1.807) is 19.2 Å². The van der Waals surface area contributed by atoms with Gasteiger partial charge in [0, 0.05) is 11.0 Å². The van der Waals surface area contributed by atoms with Gasteiger partial charge in [-0.15, -0.1) is 11.8 Å². The minimum absolute atomic E-state index is 0.0776. The van der Waals surface area contributed by atoms with Crippen molar-refractivity contribution in [1.29, 1.82) is 0 Å². The fourth-order valence-electron chi connectivity index (χ4n) is 1.44. The van der Waals surface area contributed by atoms with E-state index in [1.165, 1.54) is 23.9 Å². The highest BCUT2D eigenvalue weighted by Gasteiger charge is 2.21. The van der Waals surface area contributed by atoms with Crippen molar-refractivity contribution >= 4 is 29.3 Å². The van der Waals surface area contributed by atoms with Gasteiger partial charge in [-0.2, -0.15) is 0 Å². The number of hydrogen-bond acceptors (Lipinski definition) is 6. The summed E-state index contributed by atoms with van der Waals surface area (Å²) in [7, 11) is 0. The molecule has 0 aliphatic heterocycles. The number of nitrogens with zero attached hydrogens (tertiary/aromatic N) is 1. The molecule has 0 heterocycles. The van der Waals surface area contributed by atoms with Gasteiger partial charge in [0.2, 0.25) is 0 Å². The second-order valence-corrected chi connectivity index (χ2v) is 4.51. The molecule has 1 aromatic rings. The molecular weight excluding hydrogens is 284 g/mol. The number of benzene rings is 1. The standard InChI is InChI=1S/C12H14N2O5S/c1-3-19-11(15)7-13-12(16)9-6-8(20-2)4-5-10(9)14(17)18/h4-6H,3,7H2,1-2H3,(H,13,16).